The van der Waals surface area contributed by atoms with E-state index in [2.05, 4.69) is 9.84 Å². The highest BCUT2D eigenvalue weighted by atomic mass is 19.4. The van der Waals surface area contributed by atoms with Crippen molar-refractivity contribution >= 4 is 11.8 Å². The summed E-state index contributed by atoms with van der Waals surface area (Å²) in [5.74, 6) is -1.24. The minimum atomic E-state index is -4.52. The SMILES string of the molecule is COC(=O)CC(=O)Cn1nc(C(F)(F)F)c2c1CCC2. The van der Waals surface area contributed by atoms with Gasteiger partial charge in [0.25, 0.3) is 0 Å². The van der Waals surface area contributed by atoms with Gasteiger partial charge in [0.15, 0.2) is 11.5 Å². The van der Waals surface area contributed by atoms with Crippen LogP contribution >= 0.6 is 0 Å². The van der Waals surface area contributed by atoms with Gasteiger partial charge in [-0.05, 0) is 19.3 Å². The zero-order chi connectivity index (χ0) is 14.9. The maximum Gasteiger partial charge on any atom is 0.435 e. The molecule has 8 heteroatoms. The van der Waals surface area contributed by atoms with Crippen LogP contribution in [0, 0.1) is 0 Å². The molecule has 1 aliphatic carbocycles. The van der Waals surface area contributed by atoms with Gasteiger partial charge in [0.2, 0.25) is 0 Å². The van der Waals surface area contributed by atoms with E-state index in [0.717, 1.165) is 11.8 Å². The number of hydrogen-bond acceptors (Lipinski definition) is 4. The van der Waals surface area contributed by atoms with Gasteiger partial charge in [-0.15, -0.1) is 0 Å². The highest BCUT2D eigenvalue weighted by Gasteiger charge is 2.40. The number of rotatable bonds is 4. The summed E-state index contributed by atoms with van der Waals surface area (Å²) in [5, 5.41) is 3.49. The first-order valence-corrected chi connectivity index (χ1v) is 6.07. The number of nitrogens with zero attached hydrogens (tertiary/aromatic N) is 2. The number of alkyl halides is 3. The van der Waals surface area contributed by atoms with Crippen molar-refractivity contribution in [3.05, 3.63) is 17.0 Å². The molecule has 0 unspecified atom stereocenters. The minimum Gasteiger partial charge on any atom is -0.469 e. The fraction of sp³-hybridized carbons (Fsp3) is 0.583. The van der Waals surface area contributed by atoms with Gasteiger partial charge in [0.1, 0.15) is 13.0 Å². The predicted molar refractivity (Wildman–Crippen MR) is 60.9 cm³/mol. The van der Waals surface area contributed by atoms with E-state index >= 15 is 0 Å². The summed E-state index contributed by atoms with van der Waals surface area (Å²) in [6.07, 6.45) is -3.60. The summed E-state index contributed by atoms with van der Waals surface area (Å²) in [5.41, 5.74) is -0.310. The predicted octanol–water partition coefficient (Wildman–Crippen LogP) is 1.52. The first-order valence-electron chi connectivity index (χ1n) is 6.07. The molecule has 5 nitrogen and oxygen atoms in total. The van der Waals surface area contributed by atoms with Gasteiger partial charge in [-0.3, -0.25) is 14.3 Å². The second kappa shape index (κ2) is 5.26. The van der Waals surface area contributed by atoms with E-state index in [1.54, 1.807) is 0 Å². The van der Waals surface area contributed by atoms with E-state index in [9.17, 15) is 22.8 Å². The van der Waals surface area contributed by atoms with Crippen LogP contribution in [0.2, 0.25) is 0 Å². The van der Waals surface area contributed by atoms with Gasteiger partial charge in [0, 0.05) is 11.3 Å². The Hall–Kier alpha value is -1.86. The second-order valence-electron chi connectivity index (χ2n) is 4.57. The van der Waals surface area contributed by atoms with Crippen LogP contribution in [0.5, 0.6) is 0 Å². The van der Waals surface area contributed by atoms with Crippen molar-refractivity contribution in [1.29, 1.82) is 0 Å². The molecule has 0 spiro atoms. The van der Waals surface area contributed by atoms with E-state index in [4.69, 9.17) is 0 Å². The van der Waals surface area contributed by atoms with Crippen molar-refractivity contribution in [2.45, 2.75) is 38.4 Å². The normalized spacial score (nSPS) is 14.2. The number of ether oxygens (including phenoxy) is 1. The van der Waals surface area contributed by atoms with E-state index < -0.39 is 30.0 Å². The maximum absolute atomic E-state index is 12.8. The van der Waals surface area contributed by atoms with Crippen LogP contribution in [0.25, 0.3) is 0 Å². The first kappa shape index (κ1) is 14.5. The van der Waals surface area contributed by atoms with Crippen molar-refractivity contribution in [2.24, 2.45) is 0 Å². The molecule has 0 fully saturated rings. The van der Waals surface area contributed by atoms with E-state index in [1.165, 1.54) is 0 Å². The van der Waals surface area contributed by atoms with Crippen LogP contribution in [-0.2, 0) is 39.9 Å². The summed E-state index contributed by atoms with van der Waals surface area (Å²) in [4.78, 5) is 22.6. The van der Waals surface area contributed by atoms with Crippen molar-refractivity contribution in [2.75, 3.05) is 7.11 Å². The Kier molecular flexibility index (Phi) is 3.82. The van der Waals surface area contributed by atoms with Gasteiger partial charge >= 0.3 is 12.1 Å². The molecule has 2 rings (SSSR count). The molecule has 1 aliphatic rings. The average Bonchev–Trinajstić information content (AvgIpc) is 2.91. The number of methoxy groups -OCH3 is 1. The molecular formula is C12H13F3N2O3. The Morgan fingerprint density at radius 1 is 1.35 bits per heavy atom. The molecular weight excluding hydrogens is 277 g/mol. The summed E-state index contributed by atoms with van der Waals surface area (Å²) in [6, 6.07) is 0. The molecule has 0 atom stereocenters. The Labute approximate surface area is 112 Å². The molecule has 0 amide bonds. The number of halogens is 3. The van der Waals surface area contributed by atoms with Crippen molar-refractivity contribution in [3.63, 3.8) is 0 Å². The lowest BCUT2D eigenvalue weighted by molar-refractivity contribution is -0.144. The average molecular weight is 290 g/mol. The van der Waals surface area contributed by atoms with Gasteiger partial charge in [-0.25, -0.2) is 0 Å². The summed E-state index contributed by atoms with van der Waals surface area (Å²) < 4.78 is 43.9. The maximum atomic E-state index is 12.8. The van der Waals surface area contributed by atoms with Gasteiger partial charge in [-0.1, -0.05) is 0 Å². The molecule has 0 saturated heterocycles. The summed E-state index contributed by atoms with van der Waals surface area (Å²) in [6.45, 7) is -0.340. The molecule has 0 bridgehead atoms. The second-order valence-corrected chi connectivity index (χ2v) is 4.57. The lowest BCUT2D eigenvalue weighted by atomic mass is 10.2. The van der Waals surface area contributed by atoms with Gasteiger partial charge in [-0.2, -0.15) is 18.3 Å². The zero-order valence-electron chi connectivity index (χ0n) is 10.8. The van der Waals surface area contributed by atoms with Crippen molar-refractivity contribution < 1.29 is 27.5 Å². The third-order valence-corrected chi connectivity index (χ3v) is 3.17. The Morgan fingerprint density at radius 3 is 2.65 bits per heavy atom. The number of hydrogen-bond donors (Lipinski definition) is 0. The zero-order valence-corrected chi connectivity index (χ0v) is 10.8. The molecule has 1 heterocycles. The number of esters is 1. The molecule has 20 heavy (non-hydrogen) atoms. The molecule has 110 valence electrons. The summed E-state index contributed by atoms with van der Waals surface area (Å²) in [7, 11) is 1.14. The number of carbonyl (C=O) groups is 2. The van der Waals surface area contributed by atoms with Gasteiger partial charge < -0.3 is 4.74 Å². The third kappa shape index (κ3) is 2.83. The van der Waals surface area contributed by atoms with Crippen LogP contribution in [0.4, 0.5) is 13.2 Å². The lowest BCUT2D eigenvalue weighted by Crippen LogP contribution is -2.18. The number of carbonyl (C=O) groups excluding carboxylic acids is 2. The minimum absolute atomic E-state index is 0.170. The summed E-state index contributed by atoms with van der Waals surface area (Å²) >= 11 is 0. The highest BCUT2D eigenvalue weighted by Crippen LogP contribution is 2.36. The molecule has 1 aromatic heterocycles. The Bertz CT molecular complexity index is 549. The number of fused-ring (bicyclic) bond motifs is 1. The molecule has 0 radical (unpaired) electrons. The molecule has 1 aromatic rings. The lowest BCUT2D eigenvalue weighted by Gasteiger charge is -2.05. The van der Waals surface area contributed by atoms with E-state index in [-0.39, 0.29) is 12.1 Å². The molecule has 0 aliphatic heterocycles. The number of Topliss-reactive ketones (excluding diaryl/α,β-unsaturated/α-hetero) is 1. The Balaban J connectivity index is 2.21. The topological polar surface area (TPSA) is 61.2 Å². The standard InChI is InChI=1S/C12H13F3N2O3/c1-20-10(19)5-7(18)6-17-9-4-2-3-8(9)11(16-17)12(13,14)15/h2-6H2,1H3. The molecule has 0 N–H and O–H groups in total. The van der Waals surface area contributed by atoms with E-state index in [1.807, 2.05) is 0 Å². The fourth-order valence-electron chi connectivity index (χ4n) is 2.32. The number of aromatic nitrogens is 2. The van der Waals surface area contributed by atoms with Crippen molar-refractivity contribution in [3.8, 4) is 0 Å². The monoisotopic (exact) mass is 290 g/mol. The van der Waals surface area contributed by atoms with Crippen LogP contribution in [0.1, 0.15) is 29.8 Å². The first-order chi connectivity index (χ1) is 9.32. The smallest absolute Gasteiger partial charge is 0.435 e. The highest BCUT2D eigenvalue weighted by molar-refractivity contribution is 5.95. The van der Waals surface area contributed by atoms with Gasteiger partial charge in [0.05, 0.1) is 7.11 Å². The largest absolute Gasteiger partial charge is 0.469 e. The van der Waals surface area contributed by atoms with E-state index in [0.29, 0.717) is 25.0 Å². The quantitative estimate of drug-likeness (QED) is 0.623. The van der Waals surface area contributed by atoms with Crippen LogP contribution in [0.3, 0.4) is 0 Å². The van der Waals surface area contributed by atoms with Crippen LogP contribution in [0.15, 0.2) is 0 Å². The Morgan fingerprint density at radius 2 is 2.05 bits per heavy atom. The van der Waals surface area contributed by atoms with Crippen LogP contribution in [-0.4, -0.2) is 28.6 Å². The molecule has 0 aromatic carbocycles. The molecule has 0 saturated carbocycles. The fourth-order valence-corrected chi connectivity index (χ4v) is 2.32. The van der Waals surface area contributed by atoms with Crippen LogP contribution < -0.4 is 0 Å². The van der Waals surface area contributed by atoms with Crippen molar-refractivity contribution in [1.82, 2.24) is 9.78 Å². The third-order valence-electron chi connectivity index (χ3n) is 3.17. The number of ketones is 1.